The highest BCUT2D eigenvalue weighted by Gasteiger charge is 2.32. The Bertz CT molecular complexity index is 3560. The van der Waals surface area contributed by atoms with Crippen LogP contribution < -0.4 is 30.2 Å². The Morgan fingerprint density at radius 1 is 0.474 bits per heavy atom. The van der Waals surface area contributed by atoms with E-state index in [-0.39, 0.29) is 49.6 Å². The Balaban J connectivity index is 0.000000230. The fourth-order valence-electron chi connectivity index (χ4n) is 10.5. The van der Waals surface area contributed by atoms with E-state index in [9.17, 15) is 44.1 Å². The van der Waals surface area contributed by atoms with Gasteiger partial charge in [-0.1, -0.05) is 85.5 Å². The van der Waals surface area contributed by atoms with Crippen molar-refractivity contribution in [1.29, 1.82) is 0 Å². The molecule has 2 fully saturated rings. The third-order valence-corrected chi connectivity index (χ3v) is 15.2. The Morgan fingerprint density at radius 2 is 0.804 bits per heavy atom. The molecule has 1 aliphatic carbocycles. The number of amides is 3. The van der Waals surface area contributed by atoms with Crippen LogP contribution in [0, 0.1) is 0 Å². The maximum absolute atomic E-state index is 13.1. The van der Waals surface area contributed by atoms with E-state index in [2.05, 4.69) is 78.2 Å². The molecule has 1 saturated carbocycles. The number of ether oxygens (including phenoxy) is 4. The third kappa shape index (κ3) is 23.8. The predicted octanol–water partition coefficient (Wildman–Crippen LogP) is 11.7. The third-order valence-electron chi connectivity index (χ3n) is 15.2. The van der Waals surface area contributed by atoms with E-state index in [1.165, 1.54) is 47.4 Å². The molecule has 3 amide bonds. The van der Waals surface area contributed by atoms with E-state index in [4.69, 9.17) is 23.9 Å². The average Bonchev–Trinajstić information content (AvgIpc) is 1.71. The summed E-state index contributed by atoms with van der Waals surface area (Å²) in [4.78, 5) is 120. The highest BCUT2D eigenvalue weighted by atomic mass is 16.6. The number of unbranched alkanes of at least 4 members (excludes halogenated alkanes) is 7. The van der Waals surface area contributed by atoms with Gasteiger partial charge in [0.1, 0.15) is 36.4 Å². The van der Waals surface area contributed by atoms with E-state index in [1.807, 2.05) is 53.5 Å². The summed E-state index contributed by atoms with van der Waals surface area (Å²) in [5.41, 5.74) is 0.548. The number of aromatic nitrogens is 12. The number of hydrogen-bond acceptors (Lipinski definition) is 22. The molecule has 0 atom stereocenters. The minimum absolute atomic E-state index is 0.129. The summed E-state index contributed by atoms with van der Waals surface area (Å²) in [7, 11) is 1.91. The van der Waals surface area contributed by atoms with Crippen molar-refractivity contribution < 1.29 is 63.0 Å². The molecule has 31 nitrogen and oxygen atoms in total. The molecule has 7 heterocycles. The molecule has 1 saturated heterocycles. The second-order valence-corrected chi connectivity index (χ2v) is 27.4. The van der Waals surface area contributed by atoms with Crippen LogP contribution in [0.5, 0.6) is 0 Å². The van der Waals surface area contributed by atoms with Crippen molar-refractivity contribution in [1.82, 2.24) is 58.6 Å². The number of nitrogens with zero attached hydrogens (tertiary/aromatic N) is 16. The van der Waals surface area contributed by atoms with E-state index in [1.54, 1.807) is 20.8 Å². The molecule has 0 radical (unpaired) electrons. The summed E-state index contributed by atoms with van der Waals surface area (Å²) < 4.78 is 26.6. The first-order chi connectivity index (χ1) is 45.9. The van der Waals surface area contributed by atoms with Gasteiger partial charge in [0.05, 0.1) is 19.0 Å². The van der Waals surface area contributed by atoms with Gasteiger partial charge in [0.25, 0.3) is 0 Å². The van der Waals surface area contributed by atoms with E-state index >= 15 is 0 Å². The first-order valence-corrected chi connectivity index (χ1v) is 34.1. The minimum Gasteiger partial charge on any atom is -0.480 e. The number of carboxylic acid groups (broad SMARTS) is 3. The number of nitrogens with one attached hydrogen (secondary N) is 2. The van der Waals surface area contributed by atoms with Crippen LogP contribution in [0.3, 0.4) is 0 Å². The van der Waals surface area contributed by atoms with Crippen LogP contribution in [0.15, 0.2) is 19.0 Å². The van der Waals surface area contributed by atoms with Crippen LogP contribution in [0.2, 0.25) is 0 Å². The summed E-state index contributed by atoms with van der Waals surface area (Å²) in [6.45, 7) is 27.0. The Hall–Kier alpha value is -8.77. The second kappa shape index (κ2) is 36.0. The molecule has 536 valence electrons. The zero-order valence-corrected chi connectivity index (χ0v) is 59.4. The Labute approximate surface area is 567 Å². The van der Waals surface area contributed by atoms with Gasteiger partial charge in [0.2, 0.25) is 17.8 Å². The lowest BCUT2D eigenvalue weighted by molar-refractivity contribution is -0.138. The molecule has 5 N–H and O–H groups in total. The normalized spacial score (nSPS) is 13.7. The summed E-state index contributed by atoms with van der Waals surface area (Å²) >= 11 is 0. The standard InChI is InChI=1S/C22H34N6O5.C22H34N6O4.C22H36N6O4/c1-5-6-7-10-28(21(31)33-22(2,3)4)20-25-18(24-15-8-11-32-12-9-15)17-19(26-20)27(14-23-17)13-16(29)30;1-5-6-9-12-28(21(31)32-22(2,3)4)20-25-18(24-15-10-7-8-11-15)17-19(26-20)27(14-23-17)13-16(29)30;1-7-9-11-13-28(21(31)32-22(3,4)5)20-24-18(26(6)12-10-8-2)17-19(25-20)27(15-23-17)14-16(29)30/h14-15H,5-13H2,1-4H3,(H,29,30)(H,24,25,26);14-15H,5-13H2,1-4H3,(H,29,30)(H,24,25,26);15H,7-14H2,1-6H3,(H,29,30). The summed E-state index contributed by atoms with van der Waals surface area (Å²) in [5, 5.41) is 34.7. The number of carbonyl (C=O) groups is 6. The van der Waals surface area contributed by atoms with Gasteiger partial charge in [-0.25, -0.2) is 44.0 Å². The van der Waals surface area contributed by atoms with Gasteiger partial charge in [0.15, 0.2) is 50.9 Å². The van der Waals surface area contributed by atoms with Crippen LogP contribution in [0.4, 0.5) is 49.7 Å². The average molecular weight is 1360 g/mol. The number of carbonyl (C=O) groups excluding carboxylic acids is 3. The minimum atomic E-state index is -1.01. The van der Waals surface area contributed by atoms with Crippen molar-refractivity contribution in [3.05, 3.63) is 19.0 Å². The highest BCUT2D eigenvalue weighted by Crippen LogP contribution is 2.31. The highest BCUT2D eigenvalue weighted by molar-refractivity contribution is 5.93. The van der Waals surface area contributed by atoms with Crippen molar-refractivity contribution in [3.63, 3.8) is 0 Å². The topological polar surface area (TPSA) is 368 Å². The lowest BCUT2D eigenvalue weighted by atomic mass is 10.1. The molecule has 6 aromatic heterocycles. The van der Waals surface area contributed by atoms with Crippen LogP contribution in [0.1, 0.15) is 199 Å². The zero-order chi connectivity index (χ0) is 71.2. The van der Waals surface area contributed by atoms with Crippen molar-refractivity contribution in [3.8, 4) is 0 Å². The van der Waals surface area contributed by atoms with Crippen molar-refractivity contribution in [2.24, 2.45) is 0 Å². The Kier molecular flexibility index (Phi) is 28.7. The number of anilines is 6. The van der Waals surface area contributed by atoms with Gasteiger partial charge in [0, 0.05) is 58.5 Å². The molecule has 2 aliphatic rings. The van der Waals surface area contributed by atoms with E-state index in [0.29, 0.717) is 83.8 Å². The summed E-state index contributed by atoms with van der Waals surface area (Å²) in [6, 6.07) is 0.394. The van der Waals surface area contributed by atoms with Gasteiger partial charge in [-0.15, -0.1) is 0 Å². The van der Waals surface area contributed by atoms with Crippen molar-refractivity contribution in [2.45, 2.75) is 248 Å². The van der Waals surface area contributed by atoms with Crippen LogP contribution in [-0.4, -0.2) is 185 Å². The molecule has 0 unspecified atom stereocenters. The van der Waals surface area contributed by atoms with Crippen LogP contribution in [-0.2, 0) is 53.0 Å². The molecule has 6 aromatic rings. The smallest absolute Gasteiger partial charge is 0.417 e. The first-order valence-electron chi connectivity index (χ1n) is 34.1. The fourth-order valence-corrected chi connectivity index (χ4v) is 10.5. The van der Waals surface area contributed by atoms with Gasteiger partial charge in [-0.3, -0.25) is 14.4 Å². The lowest BCUT2D eigenvalue weighted by Crippen LogP contribution is -2.39. The Morgan fingerprint density at radius 3 is 1.14 bits per heavy atom. The maximum atomic E-state index is 13.1. The quantitative estimate of drug-likeness (QED) is 0.0215. The van der Waals surface area contributed by atoms with Gasteiger partial charge in [-0.05, 0) is 114 Å². The summed E-state index contributed by atoms with van der Waals surface area (Å²) in [6.07, 6.45) is 18.8. The number of rotatable bonds is 29. The molecule has 1 aliphatic heterocycles. The molecule has 8 rings (SSSR count). The molecule has 0 bridgehead atoms. The molecule has 31 heteroatoms. The number of carboxylic acids is 3. The van der Waals surface area contributed by atoms with E-state index < -0.39 is 53.0 Å². The summed E-state index contributed by atoms with van der Waals surface area (Å²) in [5.74, 6) is -0.926. The second-order valence-electron chi connectivity index (χ2n) is 27.4. The number of fused-ring (bicyclic) bond motifs is 3. The predicted molar refractivity (Wildman–Crippen MR) is 370 cm³/mol. The largest absolute Gasteiger partial charge is 0.480 e. The fraction of sp³-hybridized carbons (Fsp3) is 0.682. The van der Waals surface area contributed by atoms with Gasteiger partial charge in [-0.2, -0.15) is 29.9 Å². The number of aliphatic carboxylic acids is 3. The van der Waals surface area contributed by atoms with Crippen molar-refractivity contribution in [2.75, 3.05) is 76.7 Å². The van der Waals surface area contributed by atoms with Crippen molar-refractivity contribution >= 4 is 105 Å². The molecular weight excluding hydrogens is 1250 g/mol. The molecular formula is C66H104N18O13. The molecule has 97 heavy (non-hydrogen) atoms. The monoisotopic (exact) mass is 1360 g/mol. The molecule has 0 aromatic carbocycles. The van der Waals surface area contributed by atoms with Crippen LogP contribution in [0.25, 0.3) is 33.5 Å². The van der Waals surface area contributed by atoms with Gasteiger partial charge >= 0.3 is 36.2 Å². The zero-order valence-electron chi connectivity index (χ0n) is 59.4. The van der Waals surface area contributed by atoms with E-state index in [0.717, 1.165) is 116 Å². The SMILES string of the molecule is CCCCCN(C(=O)OC(C)(C)C)c1nc(N(C)CCCC)c2ncn(CC(=O)O)c2n1.CCCCCN(C(=O)OC(C)(C)C)c1nc(NC2CCCC2)c2ncn(CC(=O)O)c2n1.CCCCCN(C(=O)OC(C)(C)C)c1nc(NC2CCOCC2)c2ncn(CC(=O)O)c2n1. The van der Waals surface area contributed by atoms with Gasteiger partial charge < -0.3 is 63.5 Å². The number of imidazole rings is 3. The van der Waals surface area contributed by atoms with Crippen LogP contribution >= 0.6 is 0 Å². The molecule has 0 spiro atoms. The number of hydrogen-bond donors (Lipinski definition) is 5. The maximum Gasteiger partial charge on any atom is 0.417 e. The first kappa shape index (κ1) is 77.2. The lowest BCUT2D eigenvalue weighted by Gasteiger charge is -2.27.